The Morgan fingerprint density at radius 1 is 1.38 bits per heavy atom. The summed E-state index contributed by atoms with van der Waals surface area (Å²) in [6, 6.07) is 6.70. The number of fused-ring (bicyclic) bond motifs is 1. The summed E-state index contributed by atoms with van der Waals surface area (Å²) in [6.45, 7) is 0. The Morgan fingerprint density at radius 3 is 2.95 bits per heavy atom. The van der Waals surface area contributed by atoms with Crippen molar-refractivity contribution in [3.8, 4) is 0 Å². The van der Waals surface area contributed by atoms with Gasteiger partial charge in [-0.3, -0.25) is 0 Å². The first kappa shape index (κ1) is 14.2. The van der Waals surface area contributed by atoms with Gasteiger partial charge in [-0.1, -0.05) is 29.9 Å². The molecule has 0 aliphatic heterocycles. The zero-order chi connectivity index (χ0) is 15.0. The second-order valence-corrected chi connectivity index (χ2v) is 5.78. The second-order valence-electron chi connectivity index (χ2n) is 4.93. The smallest absolute Gasteiger partial charge is 0.165 e. The number of nitrogens with zero attached hydrogens (tertiary/aromatic N) is 1. The van der Waals surface area contributed by atoms with Crippen LogP contribution < -0.4 is 11.1 Å². The van der Waals surface area contributed by atoms with Gasteiger partial charge in [0.2, 0.25) is 0 Å². The maximum absolute atomic E-state index is 14.0. The van der Waals surface area contributed by atoms with E-state index in [1.807, 2.05) is 6.07 Å². The third-order valence-electron chi connectivity index (χ3n) is 3.52. The van der Waals surface area contributed by atoms with Crippen LogP contribution in [0.4, 0.5) is 15.9 Å². The van der Waals surface area contributed by atoms with Gasteiger partial charge in [0, 0.05) is 5.69 Å². The maximum Gasteiger partial charge on any atom is 0.165 e. The number of thiocarbonyl (C=S) groups is 1. The number of nitrogens with two attached hydrogens (primary N) is 1. The summed E-state index contributed by atoms with van der Waals surface area (Å²) in [5.74, 6) is -0.0420. The monoisotopic (exact) mass is 321 g/mol. The molecule has 1 aliphatic carbocycles. The molecule has 3 N–H and O–H groups in total. The summed E-state index contributed by atoms with van der Waals surface area (Å²) in [7, 11) is 0. The van der Waals surface area contributed by atoms with Gasteiger partial charge in [-0.25, -0.2) is 9.37 Å². The molecule has 1 aromatic heterocycles. The first-order chi connectivity index (χ1) is 10.1. The molecule has 0 unspecified atom stereocenters. The number of anilines is 2. The fraction of sp³-hybridized carbons (Fsp3) is 0.200. The Bertz CT molecular complexity index is 733. The molecule has 21 heavy (non-hydrogen) atoms. The summed E-state index contributed by atoms with van der Waals surface area (Å²) < 4.78 is 14.0. The highest BCUT2D eigenvalue weighted by atomic mass is 35.5. The Hall–Kier alpha value is -1.72. The fourth-order valence-electron chi connectivity index (χ4n) is 2.48. The third kappa shape index (κ3) is 2.71. The summed E-state index contributed by atoms with van der Waals surface area (Å²) in [5.41, 5.74) is 8.82. The van der Waals surface area contributed by atoms with Crippen molar-refractivity contribution in [2.24, 2.45) is 5.73 Å². The first-order valence-corrected chi connectivity index (χ1v) is 7.38. The maximum atomic E-state index is 14.0. The van der Waals surface area contributed by atoms with E-state index in [4.69, 9.17) is 29.6 Å². The highest BCUT2D eigenvalue weighted by molar-refractivity contribution is 7.80. The van der Waals surface area contributed by atoms with Gasteiger partial charge in [0.15, 0.2) is 5.82 Å². The van der Waals surface area contributed by atoms with Gasteiger partial charge in [0.1, 0.15) is 10.8 Å². The molecule has 6 heteroatoms. The normalized spacial score (nSPS) is 13.0. The molecule has 0 saturated heterocycles. The van der Waals surface area contributed by atoms with Gasteiger partial charge in [0.05, 0.1) is 16.3 Å². The predicted molar refractivity (Wildman–Crippen MR) is 86.8 cm³/mol. The fourth-order valence-corrected chi connectivity index (χ4v) is 2.81. The van der Waals surface area contributed by atoms with Gasteiger partial charge in [-0.05, 0) is 43.0 Å². The summed E-state index contributed by atoms with van der Waals surface area (Å²) in [5, 5.41) is 3.01. The van der Waals surface area contributed by atoms with Crippen LogP contribution in [0.3, 0.4) is 0 Å². The van der Waals surface area contributed by atoms with E-state index in [1.54, 1.807) is 12.1 Å². The van der Waals surface area contributed by atoms with Crippen molar-refractivity contribution < 1.29 is 4.39 Å². The number of halogens is 2. The van der Waals surface area contributed by atoms with E-state index in [0.717, 1.165) is 30.5 Å². The van der Waals surface area contributed by atoms with Crippen LogP contribution in [0.1, 0.15) is 23.2 Å². The van der Waals surface area contributed by atoms with Crippen molar-refractivity contribution in [1.82, 2.24) is 4.98 Å². The van der Waals surface area contributed by atoms with Crippen molar-refractivity contribution in [2.45, 2.75) is 19.3 Å². The minimum Gasteiger partial charge on any atom is -0.389 e. The highest BCUT2D eigenvalue weighted by Gasteiger charge is 2.18. The molecule has 1 aromatic carbocycles. The summed E-state index contributed by atoms with van der Waals surface area (Å²) >= 11 is 10.9. The van der Waals surface area contributed by atoms with Crippen molar-refractivity contribution in [3.05, 3.63) is 51.9 Å². The van der Waals surface area contributed by atoms with Gasteiger partial charge in [-0.15, -0.1) is 0 Å². The molecule has 0 fully saturated rings. The van der Waals surface area contributed by atoms with Crippen molar-refractivity contribution in [3.63, 3.8) is 0 Å². The van der Waals surface area contributed by atoms with Crippen LogP contribution in [0.15, 0.2) is 24.3 Å². The third-order valence-corrected chi connectivity index (χ3v) is 4.03. The van der Waals surface area contributed by atoms with Gasteiger partial charge in [0.25, 0.3) is 0 Å². The Labute approximate surface area is 132 Å². The molecule has 1 heterocycles. The Balaban J connectivity index is 2.05. The van der Waals surface area contributed by atoms with Gasteiger partial charge in [-0.2, -0.15) is 0 Å². The molecule has 3 nitrogen and oxygen atoms in total. The average molecular weight is 322 g/mol. The van der Waals surface area contributed by atoms with Gasteiger partial charge < -0.3 is 11.1 Å². The number of pyridine rings is 1. The lowest BCUT2D eigenvalue weighted by Crippen LogP contribution is -2.14. The summed E-state index contributed by atoms with van der Waals surface area (Å²) in [4.78, 5) is 4.79. The molecule has 0 amide bonds. The van der Waals surface area contributed by atoms with E-state index >= 15 is 0 Å². The minimum absolute atomic E-state index is 0.0537. The highest BCUT2D eigenvalue weighted by Crippen LogP contribution is 2.29. The molecule has 0 atom stereocenters. The quantitative estimate of drug-likeness (QED) is 0.846. The largest absolute Gasteiger partial charge is 0.389 e. The van der Waals surface area contributed by atoms with E-state index in [9.17, 15) is 4.39 Å². The number of rotatable bonds is 3. The number of hydrogen-bond donors (Lipinski definition) is 2. The van der Waals surface area contributed by atoms with Crippen LogP contribution >= 0.6 is 23.8 Å². The van der Waals surface area contributed by atoms with Crippen LogP contribution in [-0.4, -0.2) is 9.97 Å². The zero-order valence-electron chi connectivity index (χ0n) is 11.1. The van der Waals surface area contributed by atoms with Crippen molar-refractivity contribution in [2.75, 3.05) is 5.32 Å². The minimum atomic E-state index is -0.518. The van der Waals surface area contributed by atoms with Crippen LogP contribution in [-0.2, 0) is 12.8 Å². The van der Waals surface area contributed by atoms with Gasteiger partial charge >= 0.3 is 0 Å². The number of nitrogens with one attached hydrogen (secondary N) is 1. The molecule has 0 spiro atoms. The van der Waals surface area contributed by atoms with Crippen LogP contribution in [0, 0.1) is 5.82 Å². The first-order valence-electron chi connectivity index (χ1n) is 6.60. The molecule has 0 saturated carbocycles. The van der Waals surface area contributed by atoms with Crippen molar-refractivity contribution in [1.29, 1.82) is 0 Å². The molecular formula is C15H13ClFN3S. The topological polar surface area (TPSA) is 50.9 Å². The molecule has 3 rings (SSSR count). The van der Waals surface area contributed by atoms with E-state index in [1.165, 1.54) is 6.07 Å². The predicted octanol–water partition coefficient (Wildman–Crippen LogP) is 3.74. The van der Waals surface area contributed by atoms with Crippen molar-refractivity contribution >= 4 is 40.3 Å². The second kappa shape index (κ2) is 5.58. The van der Waals surface area contributed by atoms with E-state index in [0.29, 0.717) is 11.4 Å². The lowest BCUT2D eigenvalue weighted by atomic mass is 10.1. The molecule has 1 aliphatic rings. The molecule has 2 aromatic rings. The molecular weight excluding hydrogens is 309 g/mol. The average Bonchev–Trinajstić information content (AvgIpc) is 2.90. The Morgan fingerprint density at radius 2 is 2.19 bits per heavy atom. The number of hydrogen-bond acceptors (Lipinski definition) is 3. The zero-order valence-corrected chi connectivity index (χ0v) is 12.7. The lowest BCUT2D eigenvalue weighted by Gasteiger charge is -2.13. The number of aryl methyl sites for hydroxylation is 2. The summed E-state index contributed by atoms with van der Waals surface area (Å²) in [6.07, 6.45) is 2.96. The molecule has 0 radical (unpaired) electrons. The SMILES string of the molecule is NC(=S)c1cc2c(nc1Nc1cccc(Cl)c1F)CCC2. The van der Waals surface area contributed by atoms with Crippen LogP contribution in [0.2, 0.25) is 5.02 Å². The molecule has 108 valence electrons. The lowest BCUT2D eigenvalue weighted by molar-refractivity contribution is 0.632. The van der Waals surface area contributed by atoms with Crippen LogP contribution in [0.25, 0.3) is 0 Å². The number of aromatic nitrogens is 1. The Kier molecular flexibility index (Phi) is 3.78. The van der Waals surface area contributed by atoms with E-state index < -0.39 is 5.82 Å². The number of benzene rings is 1. The van der Waals surface area contributed by atoms with E-state index in [2.05, 4.69) is 10.3 Å². The molecule has 0 bridgehead atoms. The van der Waals surface area contributed by atoms with Crippen LogP contribution in [0.5, 0.6) is 0 Å². The standard InChI is InChI=1S/C15H13ClFN3S/c16-10-4-2-6-12(13(10)17)20-15-9(14(18)21)7-8-3-1-5-11(8)19-15/h2,4,6-7H,1,3,5H2,(H2,18,21)(H,19,20). The van der Waals surface area contributed by atoms with E-state index in [-0.39, 0.29) is 15.7 Å².